The van der Waals surface area contributed by atoms with E-state index in [0.717, 1.165) is 5.56 Å². The van der Waals surface area contributed by atoms with Crippen LogP contribution in [0.1, 0.15) is 48.5 Å². The minimum Gasteiger partial charge on any atom is -0.495 e. The van der Waals surface area contributed by atoms with Crippen molar-refractivity contribution in [3.8, 4) is 5.75 Å². The minimum absolute atomic E-state index is 0.0339. The number of ketones is 2. The lowest BCUT2D eigenvalue weighted by molar-refractivity contribution is -0.117. The Balaban J connectivity index is 2.45. The number of halogens is 3. The van der Waals surface area contributed by atoms with Crippen molar-refractivity contribution in [2.75, 3.05) is 13.0 Å². The molecule has 0 amide bonds. The molecule has 3 nitrogen and oxygen atoms in total. The molecular formula is C17H19Cl3O3. The highest BCUT2D eigenvalue weighted by Crippen LogP contribution is 2.49. The Bertz CT molecular complexity index is 642. The third-order valence-electron chi connectivity index (χ3n) is 4.46. The van der Waals surface area contributed by atoms with Crippen molar-refractivity contribution in [1.29, 1.82) is 0 Å². The number of benzene rings is 1. The normalized spacial score (nSPS) is 19.8. The van der Waals surface area contributed by atoms with Gasteiger partial charge < -0.3 is 9.53 Å². The van der Waals surface area contributed by atoms with Crippen LogP contribution in [0.5, 0.6) is 5.75 Å². The van der Waals surface area contributed by atoms with Crippen molar-refractivity contribution < 1.29 is 14.3 Å². The summed E-state index contributed by atoms with van der Waals surface area (Å²) in [6.45, 7) is 1.54. The molecule has 0 saturated carbocycles. The largest absolute Gasteiger partial charge is 0.495 e. The summed E-state index contributed by atoms with van der Waals surface area (Å²) < 4.78 is 5.23. The molecule has 0 saturated heterocycles. The summed E-state index contributed by atoms with van der Waals surface area (Å²) in [6.07, 6.45) is 2.75. The van der Waals surface area contributed by atoms with Crippen molar-refractivity contribution in [3.63, 3.8) is 0 Å². The molecule has 1 aromatic rings. The Morgan fingerprint density at radius 1 is 1.30 bits per heavy atom. The fourth-order valence-corrected chi connectivity index (χ4v) is 3.91. The first kappa shape index (κ1) is 18.6. The van der Waals surface area contributed by atoms with E-state index < -0.39 is 5.41 Å². The molecule has 0 aromatic heterocycles. The molecule has 1 unspecified atom stereocenters. The number of alkyl halides is 1. The van der Waals surface area contributed by atoms with Crippen molar-refractivity contribution in [3.05, 3.63) is 27.2 Å². The Kier molecular flexibility index (Phi) is 5.99. The summed E-state index contributed by atoms with van der Waals surface area (Å²) in [5, 5.41) is 0.488. The van der Waals surface area contributed by atoms with Crippen LogP contribution in [0.15, 0.2) is 6.07 Å². The number of hydrogen-bond donors (Lipinski definition) is 0. The maximum atomic E-state index is 13.1. The van der Waals surface area contributed by atoms with Gasteiger partial charge >= 0.3 is 0 Å². The van der Waals surface area contributed by atoms with Gasteiger partial charge in [0, 0.05) is 23.3 Å². The van der Waals surface area contributed by atoms with Gasteiger partial charge in [0.1, 0.15) is 16.6 Å². The summed E-state index contributed by atoms with van der Waals surface area (Å²) in [4.78, 5) is 24.5. The maximum absolute atomic E-state index is 13.1. The fourth-order valence-electron chi connectivity index (χ4n) is 3.25. The molecule has 0 aliphatic heterocycles. The number of ether oxygens (including phenoxy) is 1. The maximum Gasteiger partial charge on any atom is 0.171 e. The molecule has 0 spiro atoms. The van der Waals surface area contributed by atoms with E-state index >= 15 is 0 Å². The number of carbonyl (C=O) groups excluding carboxylic acids is 2. The molecular weight excluding hydrogens is 359 g/mol. The molecule has 0 bridgehead atoms. The Labute approximate surface area is 151 Å². The Morgan fingerprint density at radius 2 is 2.00 bits per heavy atom. The zero-order chi connectivity index (χ0) is 17.2. The molecule has 1 aliphatic rings. The quantitative estimate of drug-likeness (QED) is 0.620. The number of Topliss-reactive ketones (excluding diaryl/α,β-unsaturated/α-hetero) is 2. The summed E-state index contributed by atoms with van der Waals surface area (Å²) in [5.74, 6) is 0.973. The van der Waals surface area contributed by atoms with E-state index in [2.05, 4.69) is 0 Å². The summed E-state index contributed by atoms with van der Waals surface area (Å²) in [6, 6.07) is 1.78. The van der Waals surface area contributed by atoms with Gasteiger partial charge in [0.05, 0.1) is 12.1 Å². The SMILES string of the molecule is COc1cc2c(c(Cl)c1Cl)C(=O)C(CCCCl)(CCC(C)=O)C2. The molecule has 0 heterocycles. The highest BCUT2D eigenvalue weighted by atomic mass is 35.5. The Hall–Kier alpha value is -0.770. The van der Waals surface area contributed by atoms with Crippen molar-refractivity contribution in [1.82, 2.24) is 0 Å². The number of methoxy groups -OCH3 is 1. The van der Waals surface area contributed by atoms with E-state index in [4.69, 9.17) is 39.5 Å². The van der Waals surface area contributed by atoms with Crippen LogP contribution in [0.4, 0.5) is 0 Å². The van der Waals surface area contributed by atoms with Crippen molar-refractivity contribution in [2.24, 2.45) is 5.41 Å². The lowest BCUT2D eigenvalue weighted by Crippen LogP contribution is -2.29. The van der Waals surface area contributed by atoms with Crippen LogP contribution in [0.25, 0.3) is 0 Å². The standard InChI is InChI=1S/C17H19Cl3O3/c1-10(21)4-6-17(5-3-7-18)9-11-8-12(23-2)14(19)15(20)13(11)16(17)22/h8H,3-7,9H2,1-2H3. The monoisotopic (exact) mass is 376 g/mol. The lowest BCUT2D eigenvalue weighted by atomic mass is 9.75. The van der Waals surface area contributed by atoms with E-state index in [9.17, 15) is 9.59 Å². The molecule has 0 radical (unpaired) electrons. The number of rotatable bonds is 7. The average Bonchev–Trinajstić information content (AvgIpc) is 2.80. The van der Waals surface area contributed by atoms with E-state index in [-0.39, 0.29) is 21.6 Å². The van der Waals surface area contributed by atoms with Gasteiger partial charge in [-0.2, -0.15) is 0 Å². The zero-order valence-electron chi connectivity index (χ0n) is 13.2. The highest BCUT2D eigenvalue weighted by molar-refractivity contribution is 6.45. The highest BCUT2D eigenvalue weighted by Gasteiger charge is 2.46. The molecule has 1 aliphatic carbocycles. The fraction of sp³-hybridized carbons (Fsp3) is 0.529. The molecule has 0 fully saturated rings. The number of carbonyl (C=O) groups is 2. The first-order valence-electron chi connectivity index (χ1n) is 7.51. The van der Waals surface area contributed by atoms with Crippen LogP contribution in [0.2, 0.25) is 10.0 Å². The first-order valence-corrected chi connectivity index (χ1v) is 8.80. The topological polar surface area (TPSA) is 43.4 Å². The van der Waals surface area contributed by atoms with Crippen LogP contribution in [-0.2, 0) is 11.2 Å². The van der Waals surface area contributed by atoms with Crippen LogP contribution in [0, 0.1) is 5.41 Å². The van der Waals surface area contributed by atoms with Gasteiger partial charge in [-0.05, 0) is 44.2 Å². The zero-order valence-corrected chi connectivity index (χ0v) is 15.4. The van der Waals surface area contributed by atoms with E-state index in [0.29, 0.717) is 49.3 Å². The molecule has 1 atom stereocenters. The molecule has 1 aromatic carbocycles. The van der Waals surface area contributed by atoms with Crippen LogP contribution < -0.4 is 4.74 Å². The van der Waals surface area contributed by atoms with E-state index in [1.807, 2.05) is 0 Å². The van der Waals surface area contributed by atoms with Gasteiger partial charge in [0.25, 0.3) is 0 Å². The second-order valence-corrected chi connectivity index (χ2v) is 7.16. The lowest BCUT2D eigenvalue weighted by Gasteiger charge is -2.26. The summed E-state index contributed by atoms with van der Waals surface area (Å²) in [7, 11) is 1.51. The summed E-state index contributed by atoms with van der Waals surface area (Å²) >= 11 is 18.3. The molecule has 23 heavy (non-hydrogen) atoms. The van der Waals surface area contributed by atoms with Gasteiger partial charge in [-0.25, -0.2) is 0 Å². The molecule has 126 valence electrons. The van der Waals surface area contributed by atoms with E-state index in [1.165, 1.54) is 14.0 Å². The van der Waals surface area contributed by atoms with Gasteiger partial charge in [0.2, 0.25) is 0 Å². The van der Waals surface area contributed by atoms with E-state index in [1.54, 1.807) is 6.07 Å². The smallest absolute Gasteiger partial charge is 0.171 e. The van der Waals surface area contributed by atoms with Crippen molar-refractivity contribution in [2.45, 2.75) is 39.0 Å². The van der Waals surface area contributed by atoms with Crippen LogP contribution in [0.3, 0.4) is 0 Å². The Morgan fingerprint density at radius 3 is 2.57 bits per heavy atom. The first-order chi connectivity index (χ1) is 10.9. The summed E-state index contributed by atoms with van der Waals surface area (Å²) in [5.41, 5.74) is 0.678. The number of hydrogen-bond acceptors (Lipinski definition) is 3. The van der Waals surface area contributed by atoms with Crippen LogP contribution >= 0.6 is 34.8 Å². The number of fused-ring (bicyclic) bond motifs is 1. The van der Waals surface area contributed by atoms with Crippen LogP contribution in [-0.4, -0.2) is 24.6 Å². The average molecular weight is 378 g/mol. The van der Waals surface area contributed by atoms with Gasteiger partial charge in [-0.3, -0.25) is 4.79 Å². The van der Waals surface area contributed by atoms with Gasteiger partial charge in [0.15, 0.2) is 5.78 Å². The molecule has 6 heteroatoms. The minimum atomic E-state index is -0.623. The second kappa shape index (κ2) is 7.42. The molecule has 0 N–H and O–H groups in total. The van der Waals surface area contributed by atoms with Gasteiger partial charge in [-0.15, -0.1) is 11.6 Å². The molecule has 2 rings (SSSR count). The van der Waals surface area contributed by atoms with Crippen molar-refractivity contribution >= 4 is 46.4 Å². The second-order valence-electron chi connectivity index (χ2n) is 6.02. The predicted octanol–water partition coefficient (Wildman–Crippen LogP) is 5.12. The van der Waals surface area contributed by atoms with Gasteiger partial charge in [-0.1, -0.05) is 23.2 Å². The predicted molar refractivity (Wildman–Crippen MR) is 93.4 cm³/mol. The third-order valence-corrected chi connectivity index (χ3v) is 5.57. The third kappa shape index (κ3) is 3.52.